The second-order valence-corrected chi connectivity index (χ2v) is 4.43. The average molecular weight is 302 g/mol. The third kappa shape index (κ3) is 3.93. The Labute approximate surface area is 110 Å². The number of carbonyl (C=O) groups excluding carboxylic acids is 1. The van der Waals surface area contributed by atoms with Gasteiger partial charge in [-0.2, -0.15) is 0 Å². The molecule has 0 aromatic heterocycles. The van der Waals surface area contributed by atoms with Crippen molar-refractivity contribution in [2.24, 2.45) is 0 Å². The fraction of sp³-hybridized carbons (Fsp3) is 0.417. The third-order valence-corrected chi connectivity index (χ3v) is 2.72. The van der Waals surface area contributed by atoms with Crippen molar-refractivity contribution in [2.75, 3.05) is 20.8 Å². The highest BCUT2D eigenvalue weighted by Crippen LogP contribution is 2.24. The van der Waals surface area contributed by atoms with Crippen molar-refractivity contribution < 1.29 is 14.3 Å². The van der Waals surface area contributed by atoms with E-state index in [1.54, 1.807) is 21.1 Å². The molecule has 0 radical (unpaired) electrons. The van der Waals surface area contributed by atoms with E-state index in [0.717, 1.165) is 15.8 Å². The van der Waals surface area contributed by atoms with Crippen LogP contribution in [0.1, 0.15) is 12.5 Å². The Morgan fingerprint density at radius 3 is 2.76 bits per heavy atom. The van der Waals surface area contributed by atoms with Crippen molar-refractivity contribution in [3.05, 3.63) is 28.2 Å². The van der Waals surface area contributed by atoms with Gasteiger partial charge in [-0.05, 0) is 25.1 Å². The summed E-state index contributed by atoms with van der Waals surface area (Å²) in [5.74, 6) is 0.754. The maximum atomic E-state index is 11.5. The van der Waals surface area contributed by atoms with Crippen LogP contribution in [0.4, 0.5) is 4.79 Å². The number of carbonyl (C=O) groups is 1. The molecule has 0 unspecified atom stereocenters. The minimum atomic E-state index is -0.338. The average Bonchev–Trinajstić information content (AvgIpc) is 2.29. The molecule has 4 nitrogen and oxygen atoms in total. The molecule has 1 rings (SSSR count). The monoisotopic (exact) mass is 301 g/mol. The van der Waals surface area contributed by atoms with Crippen molar-refractivity contribution in [3.8, 4) is 5.75 Å². The zero-order valence-electron chi connectivity index (χ0n) is 10.2. The van der Waals surface area contributed by atoms with Crippen LogP contribution in [0.5, 0.6) is 5.75 Å². The van der Waals surface area contributed by atoms with Gasteiger partial charge in [-0.1, -0.05) is 15.9 Å². The Bertz CT molecular complexity index is 395. The molecule has 0 aliphatic carbocycles. The largest absolute Gasteiger partial charge is 0.496 e. The molecular formula is C12H16BrNO3. The van der Waals surface area contributed by atoms with Crippen LogP contribution in [-0.2, 0) is 11.3 Å². The molecule has 17 heavy (non-hydrogen) atoms. The Morgan fingerprint density at radius 2 is 2.18 bits per heavy atom. The van der Waals surface area contributed by atoms with Crippen molar-refractivity contribution in [1.82, 2.24) is 4.90 Å². The standard InChI is InChI=1S/C12H16BrNO3/c1-4-17-12(15)14(2)8-9-7-10(13)5-6-11(9)16-3/h5-7H,4,8H2,1-3H3. The van der Waals surface area contributed by atoms with E-state index in [-0.39, 0.29) is 6.09 Å². The molecule has 0 spiro atoms. The Morgan fingerprint density at radius 1 is 1.47 bits per heavy atom. The molecule has 0 saturated heterocycles. The lowest BCUT2D eigenvalue weighted by molar-refractivity contribution is 0.114. The smallest absolute Gasteiger partial charge is 0.409 e. The Hall–Kier alpha value is -1.23. The highest BCUT2D eigenvalue weighted by Gasteiger charge is 2.12. The van der Waals surface area contributed by atoms with Crippen LogP contribution in [0.3, 0.4) is 0 Å². The van der Waals surface area contributed by atoms with Gasteiger partial charge in [0.15, 0.2) is 0 Å². The minimum absolute atomic E-state index is 0.338. The number of hydrogen-bond donors (Lipinski definition) is 0. The predicted molar refractivity (Wildman–Crippen MR) is 69.2 cm³/mol. The summed E-state index contributed by atoms with van der Waals surface area (Å²) < 4.78 is 11.1. The molecular weight excluding hydrogens is 286 g/mol. The molecule has 1 amide bonds. The second kappa shape index (κ2) is 6.49. The fourth-order valence-electron chi connectivity index (χ4n) is 1.42. The van der Waals surface area contributed by atoms with Crippen LogP contribution in [0.15, 0.2) is 22.7 Å². The Kier molecular flexibility index (Phi) is 5.28. The first-order chi connectivity index (χ1) is 8.08. The lowest BCUT2D eigenvalue weighted by Gasteiger charge is -2.18. The van der Waals surface area contributed by atoms with Crippen LogP contribution in [0.25, 0.3) is 0 Å². The summed E-state index contributed by atoms with van der Waals surface area (Å²) in [5, 5.41) is 0. The van der Waals surface area contributed by atoms with Gasteiger partial charge in [-0.3, -0.25) is 0 Å². The molecule has 0 N–H and O–H groups in total. The van der Waals surface area contributed by atoms with Gasteiger partial charge in [-0.25, -0.2) is 4.79 Å². The van der Waals surface area contributed by atoms with Crippen molar-refractivity contribution in [1.29, 1.82) is 0 Å². The zero-order chi connectivity index (χ0) is 12.8. The summed E-state index contributed by atoms with van der Waals surface area (Å²) in [4.78, 5) is 13.0. The number of halogens is 1. The molecule has 0 atom stereocenters. The lowest BCUT2D eigenvalue weighted by atomic mass is 10.2. The number of nitrogens with zero attached hydrogens (tertiary/aromatic N) is 1. The van der Waals surface area contributed by atoms with Gasteiger partial charge in [0.05, 0.1) is 20.3 Å². The van der Waals surface area contributed by atoms with Gasteiger partial charge in [-0.15, -0.1) is 0 Å². The molecule has 0 aliphatic heterocycles. The normalized spacial score (nSPS) is 9.88. The van der Waals surface area contributed by atoms with Gasteiger partial charge in [0.25, 0.3) is 0 Å². The van der Waals surface area contributed by atoms with Gasteiger partial charge >= 0.3 is 6.09 Å². The number of methoxy groups -OCH3 is 1. The molecule has 0 aliphatic rings. The van der Waals surface area contributed by atoms with E-state index in [1.807, 2.05) is 18.2 Å². The zero-order valence-corrected chi connectivity index (χ0v) is 11.8. The fourth-order valence-corrected chi connectivity index (χ4v) is 1.83. The molecule has 0 bridgehead atoms. The predicted octanol–water partition coefficient (Wildman–Crippen LogP) is 3.05. The first-order valence-corrected chi connectivity index (χ1v) is 6.08. The maximum absolute atomic E-state index is 11.5. The van der Waals surface area contributed by atoms with E-state index in [4.69, 9.17) is 9.47 Å². The first kappa shape index (κ1) is 13.8. The van der Waals surface area contributed by atoms with E-state index in [2.05, 4.69) is 15.9 Å². The Balaban J connectivity index is 2.79. The van der Waals surface area contributed by atoms with E-state index < -0.39 is 0 Å². The molecule has 94 valence electrons. The van der Waals surface area contributed by atoms with E-state index in [0.29, 0.717) is 13.2 Å². The summed E-state index contributed by atoms with van der Waals surface area (Å²) in [5.41, 5.74) is 0.928. The van der Waals surface area contributed by atoms with Crippen LogP contribution in [0, 0.1) is 0 Å². The van der Waals surface area contributed by atoms with E-state index in [1.165, 1.54) is 4.90 Å². The quantitative estimate of drug-likeness (QED) is 0.858. The second-order valence-electron chi connectivity index (χ2n) is 3.51. The van der Waals surface area contributed by atoms with Gasteiger partial charge < -0.3 is 14.4 Å². The van der Waals surface area contributed by atoms with Crippen LogP contribution in [0.2, 0.25) is 0 Å². The number of hydrogen-bond acceptors (Lipinski definition) is 3. The topological polar surface area (TPSA) is 38.8 Å². The van der Waals surface area contributed by atoms with E-state index >= 15 is 0 Å². The van der Waals surface area contributed by atoms with Crippen LogP contribution in [-0.4, -0.2) is 31.8 Å². The minimum Gasteiger partial charge on any atom is -0.496 e. The molecule has 0 saturated carbocycles. The molecule has 0 fully saturated rings. The van der Waals surface area contributed by atoms with Crippen LogP contribution >= 0.6 is 15.9 Å². The highest BCUT2D eigenvalue weighted by atomic mass is 79.9. The van der Waals surface area contributed by atoms with Crippen LogP contribution < -0.4 is 4.74 Å². The lowest BCUT2D eigenvalue weighted by Crippen LogP contribution is -2.27. The number of rotatable bonds is 4. The van der Waals surface area contributed by atoms with Crippen molar-refractivity contribution in [3.63, 3.8) is 0 Å². The molecule has 1 aromatic carbocycles. The highest BCUT2D eigenvalue weighted by molar-refractivity contribution is 9.10. The number of amides is 1. The number of benzene rings is 1. The van der Waals surface area contributed by atoms with Gasteiger partial charge in [0.1, 0.15) is 5.75 Å². The van der Waals surface area contributed by atoms with Crippen molar-refractivity contribution in [2.45, 2.75) is 13.5 Å². The summed E-state index contributed by atoms with van der Waals surface area (Å²) >= 11 is 3.39. The van der Waals surface area contributed by atoms with Gasteiger partial charge in [0, 0.05) is 17.1 Å². The summed E-state index contributed by atoms with van der Waals surface area (Å²) in [6.45, 7) is 2.60. The number of ether oxygens (including phenoxy) is 2. The molecule has 5 heteroatoms. The SMILES string of the molecule is CCOC(=O)N(C)Cc1cc(Br)ccc1OC. The molecule has 0 heterocycles. The third-order valence-electron chi connectivity index (χ3n) is 2.23. The maximum Gasteiger partial charge on any atom is 0.409 e. The van der Waals surface area contributed by atoms with E-state index in [9.17, 15) is 4.79 Å². The first-order valence-electron chi connectivity index (χ1n) is 5.28. The van der Waals surface area contributed by atoms with Crippen molar-refractivity contribution >= 4 is 22.0 Å². The summed E-state index contributed by atoms with van der Waals surface area (Å²) in [6.07, 6.45) is -0.338. The summed E-state index contributed by atoms with van der Waals surface area (Å²) in [6, 6.07) is 5.68. The van der Waals surface area contributed by atoms with Gasteiger partial charge in [0.2, 0.25) is 0 Å². The molecule has 1 aromatic rings. The summed E-state index contributed by atoms with van der Waals surface area (Å²) in [7, 11) is 3.30.